The predicted octanol–water partition coefficient (Wildman–Crippen LogP) is 5.71. The first-order valence-electron chi connectivity index (χ1n) is 9.79. The monoisotopic (exact) mass is 463 g/mol. The van der Waals surface area contributed by atoms with Crippen LogP contribution in [0.15, 0.2) is 70.5 Å². The molecule has 0 heterocycles. The van der Waals surface area contributed by atoms with Crippen LogP contribution in [-0.2, 0) is 14.2 Å². The number of aliphatic carboxylic acids is 1. The predicted molar refractivity (Wildman–Crippen MR) is 124 cm³/mol. The maximum Gasteiger partial charge on any atom is 0.303 e. The van der Waals surface area contributed by atoms with Crippen LogP contribution in [0.4, 0.5) is 0 Å². The summed E-state index contributed by atoms with van der Waals surface area (Å²) in [4.78, 5) is 25.8. The van der Waals surface area contributed by atoms with Crippen LogP contribution in [0.1, 0.15) is 32.1 Å². The highest BCUT2D eigenvalue weighted by atomic mass is 32.2. The smallest absolute Gasteiger partial charge is 0.303 e. The van der Waals surface area contributed by atoms with Crippen molar-refractivity contribution in [2.45, 2.75) is 46.0 Å². The number of nitrogens with one attached hydrogen (secondary N) is 1. The molecule has 0 saturated carbocycles. The Morgan fingerprint density at radius 1 is 0.900 bits per heavy atom. The van der Waals surface area contributed by atoms with Crippen LogP contribution in [0.3, 0.4) is 0 Å². The molecule has 0 radical (unpaired) electrons. The molecule has 0 spiro atoms. The van der Waals surface area contributed by atoms with E-state index in [0.29, 0.717) is 38.4 Å². The lowest BCUT2D eigenvalue weighted by Gasteiger charge is -2.32. The van der Waals surface area contributed by atoms with Gasteiger partial charge in [0, 0.05) is 35.3 Å². The molecule has 0 aromatic heterocycles. The van der Waals surface area contributed by atoms with Gasteiger partial charge in [-0.15, -0.1) is 23.5 Å². The van der Waals surface area contributed by atoms with Crippen LogP contribution < -0.4 is 5.32 Å². The van der Waals surface area contributed by atoms with Crippen molar-refractivity contribution >= 4 is 43.9 Å². The van der Waals surface area contributed by atoms with Crippen LogP contribution in [0.5, 0.6) is 0 Å². The molecule has 160 valence electrons. The molecule has 0 unspecified atom stereocenters. The lowest BCUT2D eigenvalue weighted by molar-refractivity contribution is -0.137. The van der Waals surface area contributed by atoms with Crippen molar-refractivity contribution in [3.63, 3.8) is 0 Å². The largest absolute Gasteiger partial charge is 0.481 e. The number of carboxylic acid groups (broad SMARTS) is 1. The molecular weight excluding hydrogens is 437 g/mol. The second-order valence-corrected chi connectivity index (χ2v) is 10.6. The summed E-state index contributed by atoms with van der Waals surface area (Å²) in [6.07, 6.45) is 2.49. The van der Waals surface area contributed by atoms with Gasteiger partial charge in [-0.25, -0.2) is 0 Å². The summed E-state index contributed by atoms with van der Waals surface area (Å²) in [5, 5.41) is 12.2. The number of thioether (sulfide) groups is 2. The number of benzene rings is 2. The summed E-state index contributed by atoms with van der Waals surface area (Å²) in [5.74, 6) is -0.914. The van der Waals surface area contributed by atoms with Gasteiger partial charge in [-0.1, -0.05) is 36.4 Å². The Balaban J connectivity index is 2.18. The molecule has 2 N–H and O–H groups in total. The number of carboxylic acids is 1. The van der Waals surface area contributed by atoms with Crippen LogP contribution in [0.25, 0.3) is 0 Å². The first-order chi connectivity index (χ1) is 14.5. The lowest BCUT2D eigenvalue weighted by atomic mass is 10.1. The Labute approximate surface area is 187 Å². The fourth-order valence-electron chi connectivity index (χ4n) is 2.82. The zero-order valence-corrected chi connectivity index (χ0v) is 19.2. The normalized spacial score (nSPS) is 11.3. The third kappa shape index (κ3) is 9.33. The number of carbonyl (C=O) groups is 2. The van der Waals surface area contributed by atoms with E-state index >= 15 is 0 Å². The van der Waals surface area contributed by atoms with Gasteiger partial charge in [-0.2, -0.15) is 0 Å². The molecule has 1 amide bonds. The molecule has 0 atom stereocenters. The van der Waals surface area contributed by atoms with Gasteiger partial charge in [0.05, 0.1) is 4.08 Å². The van der Waals surface area contributed by atoms with Gasteiger partial charge in [-0.05, 0) is 43.5 Å². The summed E-state index contributed by atoms with van der Waals surface area (Å²) in [6.45, 7) is 0.494. The number of carbonyl (C=O) groups excluding carboxylic acids is 1. The number of amides is 1. The highest BCUT2D eigenvalue weighted by Gasteiger charge is 2.34. The highest BCUT2D eigenvalue weighted by Crippen LogP contribution is 2.51. The van der Waals surface area contributed by atoms with Crippen LogP contribution in [0, 0.1) is 0 Å². The molecule has 0 saturated heterocycles. The second kappa shape index (κ2) is 13.5. The van der Waals surface area contributed by atoms with Crippen molar-refractivity contribution in [3.05, 3.63) is 60.7 Å². The Morgan fingerprint density at radius 2 is 1.43 bits per heavy atom. The SMILES string of the molecule is O=PCCCNC(=O)CCC(CCC(=O)O)(Sc1ccccc1)Sc1ccccc1. The van der Waals surface area contributed by atoms with Crippen LogP contribution in [-0.4, -0.2) is 33.8 Å². The van der Waals surface area contributed by atoms with E-state index in [1.54, 1.807) is 23.5 Å². The molecule has 5 nitrogen and oxygen atoms in total. The summed E-state index contributed by atoms with van der Waals surface area (Å²) in [5.41, 5.74) is 0. The van der Waals surface area contributed by atoms with Gasteiger partial charge in [0.1, 0.15) is 0 Å². The topological polar surface area (TPSA) is 83.5 Å². The Bertz CT molecular complexity index is 764. The molecule has 2 rings (SSSR count). The molecular formula is C22H26NO4PS2. The molecule has 2 aromatic rings. The van der Waals surface area contributed by atoms with Crippen molar-refractivity contribution < 1.29 is 19.3 Å². The average molecular weight is 464 g/mol. The summed E-state index contributed by atoms with van der Waals surface area (Å²) >= 11 is 3.25. The quantitative estimate of drug-likeness (QED) is 0.162. The van der Waals surface area contributed by atoms with Crippen molar-refractivity contribution in [1.29, 1.82) is 0 Å². The van der Waals surface area contributed by atoms with Gasteiger partial charge in [-0.3, -0.25) is 14.2 Å². The number of rotatable bonds is 14. The van der Waals surface area contributed by atoms with Crippen LogP contribution >= 0.6 is 32.0 Å². The zero-order valence-electron chi connectivity index (χ0n) is 16.7. The molecule has 2 aromatic carbocycles. The summed E-state index contributed by atoms with van der Waals surface area (Å²) in [7, 11) is 0.0868. The Hall–Kier alpha value is -1.82. The van der Waals surface area contributed by atoms with Gasteiger partial charge >= 0.3 is 5.97 Å². The minimum absolute atomic E-state index is 0.0316. The third-order valence-corrected chi connectivity index (χ3v) is 7.87. The summed E-state index contributed by atoms with van der Waals surface area (Å²) in [6, 6.07) is 19.8. The molecule has 0 aliphatic heterocycles. The van der Waals surface area contributed by atoms with E-state index in [1.807, 2.05) is 60.7 Å². The minimum Gasteiger partial charge on any atom is -0.481 e. The zero-order chi connectivity index (χ0) is 21.7. The van der Waals surface area contributed by atoms with E-state index in [0.717, 1.165) is 9.79 Å². The van der Waals surface area contributed by atoms with E-state index in [2.05, 4.69) is 5.32 Å². The molecule has 0 aliphatic rings. The Morgan fingerprint density at radius 3 is 1.93 bits per heavy atom. The van der Waals surface area contributed by atoms with E-state index < -0.39 is 10.0 Å². The number of hydrogen-bond acceptors (Lipinski definition) is 5. The molecule has 8 heteroatoms. The average Bonchev–Trinajstić information content (AvgIpc) is 2.75. The molecule has 0 fully saturated rings. The van der Waals surface area contributed by atoms with Gasteiger partial charge in [0.2, 0.25) is 5.91 Å². The fourth-order valence-corrected chi connectivity index (χ4v) is 6.11. The second-order valence-electron chi connectivity index (χ2n) is 6.69. The van der Waals surface area contributed by atoms with E-state index in [-0.39, 0.29) is 20.8 Å². The lowest BCUT2D eigenvalue weighted by Crippen LogP contribution is -2.29. The first kappa shape index (κ1) is 24.4. The highest BCUT2D eigenvalue weighted by molar-refractivity contribution is 8.18. The van der Waals surface area contributed by atoms with Gasteiger partial charge < -0.3 is 10.4 Å². The van der Waals surface area contributed by atoms with Gasteiger partial charge in [0.25, 0.3) is 0 Å². The maximum atomic E-state index is 12.4. The van der Waals surface area contributed by atoms with Gasteiger partial charge in [0.15, 0.2) is 8.46 Å². The molecule has 0 bridgehead atoms. The standard InChI is InChI=1S/C22H26NO4PS2/c24-20(23-16-7-17-28-27)12-14-22(15-13-21(25)26,29-18-8-3-1-4-9-18)30-19-10-5-2-6-11-19/h1-6,8-11H,7,12-17H2,(H,23,24)(H,25,26). The fraction of sp³-hybridized carbons (Fsp3) is 0.364. The van der Waals surface area contributed by atoms with Crippen molar-refractivity contribution in [3.8, 4) is 0 Å². The molecule has 30 heavy (non-hydrogen) atoms. The van der Waals surface area contributed by atoms with Crippen molar-refractivity contribution in [1.82, 2.24) is 5.32 Å². The maximum absolute atomic E-state index is 12.4. The third-order valence-electron chi connectivity index (χ3n) is 4.30. The van der Waals surface area contributed by atoms with E-state index in [4.69, 9.17) is 0 Å². The van der Waals surface area contributed by atoms with Crippen LogP contribution in [0.2, 0.25) is 0 Å². The van der Waals surface area contributed by atoms with E-state index in [1.165, 1.54) is 0 Å². The Kier molecular flexibility index (Phi) is 11.0. The summed E-state index contributed by atoms with van der Waals surface area (Å²) < 4.78 is 10.0. The number of hydrogen-bond donors (Lipinski definition) is 2. The van der Waals surface area contributed by atoms with Crippen molar-refractivity contribution in [2.24, 2.45) is 0 Å². The van der Waals surface area contributed by atoms with E-state index in [9.17, 15) is 19.3 Å². The minimum atomic E-state index is -0.845. The molecule has 0 aliphatic carbocycles. The first-order valence-corrected chi connectivity index (χ1v) is 12.4. The van der Waals surface area contributed by atoms with Crippen molar-refractivity contribution in [2.75, 3.05) is 12.7 Å².